The molecule has 2 N–H and O–H groups in total. The number of carboxylic acids is 1. The molecule has 1 heterocycles. The lowest BCUT2D eigenvalue weighted by Crippen LogP contribution is -2.30. The molecule has 0 radical (unpaired) electrons. The van der Waals surface area contributed by atoms with E-state index >= 15 is 0 Å². The number of para-hydroxylation sites is 1. The molecule has 5 rings (SSSR count). The summed E-state index contributed by atoms with van der Waals surface area (Å²) in [5.74, 6) is -2.22. The van der Waals surface area contributed by atoms with Crippen LogP contribution in [0.4, 0.5) is 5.69 Å². The first-order valence-corrected chi connectivity index (χ1v) is 12.0. The molecule has 1 amide bonds. The molecule has 0 fully saturated rings. The Balaban J connectivity index is 1.41. The molecule has 36 heavy (non-hydrogen) atoms. The standard InChI is InChI=1S/C28H20N2O5S/c1-16(25(31)29-19-14-12-18(13-15-19)27(32)33)35-28(34)21-9-5-7-17-6-4-8-20(24(17)21)26-30-22-10-2-3-11-23(22)36-26/h2-16H,1H3,(H,29,31)(H,32,33). The number of esters is 1. The molecule has 0 saturated carbocycles. The summed E-state index contributed by atoms with van der Waals surface area (Å²) >= 11 is 1.54. The summed E-state index contributed by atoms with van der Waals surface area (Å²) in [6.07, 6.45) is -1.08. The van der Waals surface area contributed by atoms with Gasteiger partial charge in [-0.15, -0.1) is 11.3 Å². The molecule has 1 atom stereocenters. The normalized spacial score (nSPS) is 11.8. The van der Waals surface area contributed by atoms with E-state index < -0.39 is 23.9 Å². The second-order valence-electron chi connectivity index (χ2n) is 8.12. The van der Waals surface area contributed by atoms with Gasteiger partial charge in [0, 0.05) is 16.6 Å². The first-order valence-electron chi connectivity index (χ1n) is 11.1. The van der Waals surface area contributed by atoms with Crippen molar-refractivity contribution in [2.24, 2.45) is 0 Å². The largest absolute Gasteiger partial charge is 0.478 e. The van der Waals surface area contributed by atoms with Crippen LogP contribution in [0.2, 0.25) is 0 Å². The van der Waals surface area contributed by atoms with E-state index in [1.165, 1.54) is 31.2 Å². The number of amides is 1. The van der Waals surface area contributed by atoms with Crippen LogP contribution in [0.3, 0.4) is 0 Å². The Kier molecular flexibility index (Phi) is 6.18. The van der Waals surface area contributed by atoms with Crippen molar-refractivity contribution >= 4 is 55.9 Å². The Morgan fingerprint density at radius 2 is 1.64 bits per heavy atom. The van der Waals surface area contributed by atoms with Crippen molar-refractivity contribution in [2.75, 3.05) is 5.32 Å². The SMILES string of the molecule is CC(OC(=O)c1cccc2cccc(-c3nc4ccccc4s3)c12)C(=O)Nc1ccc(C(=O)O)cc1. The van der Waals surface area contributed by atoms with Crippen molar-refractivity contribution in [1.82, 2.24) is 4.98 Å². The van der Waals surface area contributed by atoms with E-state index in [0.717, 1.165) is 26.2 Å². The molecule has 7 nitrogen and oxygen atoms in total. The molecule has 1 unspecified atom stereocenters. The molecule has 0 aliphatic heterocycles. The third-order valence-corrected chi connectivity index (χ3v) is 6.77. The topological polar surface area (TPSA) is 106 Å². The van der Waals surface area contributed by atoms with E-state index in [4.69, 9.17) is 14.8 Å². The highest BCUT2D eigenvalue weighted by atomic mass is 32.1. The van der Waals surface area contributed by atoms with Crippen molar-refractivity contribution in [1.29, 1.82) is 0 Å². The van der Waals surface area contributed by atoms with E-state index in [0.29, 0.717) is 16.6 Å². The van der Waals surface area contributed by atoms with Gasteiger partial charge in [0.25, 0.3) is 5.91 Å². The van der Waals surface area contributed by atoms with E-state index in [2.05, 4.69) is 5.32 Å². The second kappa shape index (κ2) is 9.59. The first-order chi connectivity index (χ1) is 17.4. The number of nitrogens with zero attached hydrogens (tertiary/aromatic N) is 1. The fourth-order valence-electron chi connectivity index (χ4n) is 3.89. The van der Waals surface area contributed by atoms with Crippen LogP contribution in [-0.4, -0.2) is 34.0 Å². The highest BCUT2D eigenvalue weighted by Crippen LogP contribution is 2.36. The number of ether oxygens (including phenoxy) is 1. The number of aromatic carboxylic acids is 1. The molecule has 8 heteroatoms. The number of benzene rings is 4. The average molecular weight is 497 g/mol. The van der Waals surface area contributed by atoms with Crippen molar-refractivity contribution in [3.8, 4) is 10.6 Å². The van der Waals surface area contributed by atoms with Crippen molar-refractivity contribution < 1.29 is 24.2 Å². The molecule has 178 valence electrons. The van der Waals surface area contributed by atoms with Gasteiger partial charge < -0.3 is 15.2 Å². The molecular formula is C28H20N2O5S. The summed E-state index contributed by atoms with van der Waals surface area (Å²) in [6.45, 7) is 1.48. The summed E-state index contributed by atoms with van der Waals surface area (Å²) in [4.78, 5) is 41.6. The smallest absolute Gasteiger partial charge is 0.339 e. The number of aromatic nitrogens is 1. The van der Waals surface area contributed by atoms with Gasteiger partial charge in [-0.25, -0.2) is 14.6 Å². The number of nitrogens with one attached hydrogen (secondary N) is 1. The molecule has 0 bridgehead atoms. The van der Waals surface area contributed by atoms with Crippen LogP contribution in [0.5, 0.6) is 0 Å². The molecule has 5 aromatic rings. The quantitative estimate of drug-likeness (QED) is 0.279. The lowest BCUT2D eigenvalue weighted by atomic mass is 9.99. The zero-order chi connectivity index (χ0) is 25.2. The number of carbonyl (C=O) groups is 3. The number of carbonyl (C=O) groups excluding carboxylic acids is 2. The fourth-order valence-corrected chi connectivity index (χ4v) is 4.89. The average Bonchev–Trinajstić information content (AvgIpc) is 3.32. The van der Waals surface area contributed by atoms with Gasteiger partial charge in [-0.1, -0.05) is 42.5 Å². The van der Waals surface area contributed by atoms with Crippen LogP contribution in [0.1, 0.15) is 27.6 Å². The van der Waals surface area contributed by atoms with Crippen LogP contribution in [-0.2, 0) is 9.53 Å². The molecular weight excluding hydrogens is 476 g/mol. The van der Waals surface area contributed by atoms with E-state index in [1.54, 1.807) is 23.5 Å². The zero-order valence-electron chi connectivity index (χ0n) is 19.1. The van der Waals surface area contributed by atoms with Gasteiger partial charge in [0.15, 0.2) is 6.10 Å². The molecule has 0 saturated heterocycles. The van der Waals surface area contributed by atoms with Crippen LogP contribution in [0.25, 0.3) is 31.6 Å². The predicted molar refractivity (Wildman–Crippen MR) is 139 cm³/mol. The third-order valence-electron chi connectivity index (χ3n) is 5.70. The third kappa shape index (κ3) is 4.54. The zero-order valence-corrected chi connectivity index (χ0v) is 19.9. The summed E-state index contributed by atoms with van der Waals surface area (Å²) < 4.78 is 6.58. The van der Waals surface area contributed by atoms with Crippen LogP contribution in [0.15, 0.2) is 84.9 Å². The maximum absolute atomic E-state index is 13.2. The molecule has 0 aliphatic rings. The first kappa shape index (κ1) is 23.2. The summed E-state index contributed by atoms with van der Waals surface area (Å²) in [5, 5.41) is 14.0. The second-order valence-corrected chi connectivity index (χ2v) is 9.15. The summed E-state index contributed by atoms with van der Waals surface area (Å²) in [6, 6.07) is 24.7. The van der Waals surface area contributed by atoms with Crippen LogP contribution < -0.4 is 5.32 Å². The van der Waals surface area contributed by atoms with E-state index in [1.807, 2.05) is 48.5 Å². The lowest BCUT2D eigenvalue weighted by molar-refractivity contribution is -0.123. The maximum atomic E-state index is 13.2. The Hall–Kier alpha value is -4.56. The summed E-state index contributed by atoms with van der Waals surface area (Å²) in [7, 11) is 0. The Bertz CT molecular complexity index is 1590. The number of rotatable bonds is 6. The van der Waals surface area contributed by atoms with Crippen LogP contribution >= 0.6 is 11.3 Å². The molecule has 1 aromatic heterocycles. The van der Waals surface area contributed by atoms with Gasteiger partial charge in [-0.05, 0) is 54.8 Å². The van der Waals surface area contributed by atoms with Gasteiger partial charge in [-0.3, -0.25) is 4.79 Å². The minimum atomic E-state index is -1.08. The minimum absolute atomic E-state index is 0.104. The molecule has 0 spiro atoms. The fraction of sp³-hybridized carbons (Fsp3) is 0.0714. The maximum Gasteiger partial charge on any atom is 0.339 e. The van der Waals surface area contributed by atoms with Gasteiger partial charge in [0.1, 0.15) is 5.01 Å². The summed E-state index contributed by atoms with van der Waals surface area (Å²) in [5.41, 5.74) is 2.55. The van der Waals surface area contributed by atoms with E-state index in [-0.39, 0.29) is 5.56 Å². The minimum Gasteiger partial charge on any atom is -0.478 e. The van der Waals surface area contributed by atoms with Gasteiger partial charge >= 0.3 is 11.9 Å². The highest BCUT2D eigenvalue weighted by molar-refractivity contribution is 7.21. The molecule has 0 aliphatic carbocycles. The van der Waals surface area contributed by atoms with Gasteiger partial charge in [-0.2, -0.15) is 0 Å². The number of thiazole rings is 1. The van der Waals surface area contributed by atoms with Crippen molar-refractivity contribution in [3.05, 3.63) is 96.1 Å². The Labute approximate surface area is 210 Å². The number of hydrogen-bond acceptors (Lipinski definition) is 6. The monoisotopic (exact) mass is 496 g/mol. The van der Waals surface area contributed by atoms with Gasteiger partial charge in [0.05, 0.1) is 21.3 Å². The number of anilines is 1. The van der Waals surface area contributed by atoms with Crippen molar-refractivity contribution in [2.45, 2.75) is 13.0 Å². The van der Waals surface area contributed by atoms with E-state index in [9.17, 15) is 14.4 Å². The van der Waals surface area contributed by atoms with Crippen molar-refractivity contribution in [3.63, 3.8) is 0 Å². The Morgan fingerprint density at radius 3 is 2.36 bits per heavy atom. The lowest BCUT2D eigenvalue weighted by Gasteiger charge is -2.15. The van der Waals surface area contributed by atoms with Crippen LogP contribution in [0, 0.1) is 0 Å². The van der Waals surface area contributed by atoms with Gasteiger partial charge in [0.2, 0.25) is 0 Å². The Morgan fingerprint density at radius 1 is 0.917 bits per heavy atom. The predicted octanol–water partition coefficient (Wildman–Crippen LogP) is 6.00. The number of carboxylic acid groups (broad SMARTS) is 1. The number of fused-ring (bicyclic) bond motifs is 2. The number of hydrogen-bond donors (Lipinski definition) is 2. The highest BCUT2D eigenvalue weighted by Gasteiger charge is 2.22. The molecule has 4 aromatic carbocycles.